The van der Waals surface area contributed by atoms with Crippen LogP contribution in [0.1, 0.15) is 42.1 Å². The molecule has 1 aliphatic carbocycles. The van der Waals surface area contributed by atoms with Gasteiger partial charge in [-0.2, -0.15) is 0 Å². The molecular formula is C20H22N4O3. The first-order valence-electron chi connectivity index (χ1n) is 9.59. The van der Waals surface area contributed by atoms with Crippen molar-refractivity contribution >= 4 is 17.1 Å². The summed E-state index contributed by atoms with van der Waals surface area (Å²) in [7, 11) is 0. The molecule has 1 amide bonds. The van der Waals surface area contributed by atoms with Gasteiger partial charge in [0.2, 0.25) is 0 Å². The third-order valence-electron chi connectivity index (χ3n) is 5.68. The molecule has 0 spiro atoms. The zero-order valence-corrected chi connectivity index (χ0v) is 15.1. The van der Waals surface area contributed by atoms with Crippen molar-refractivity contribution in [3.05, 3.63) is 53.0 Å². The van der Waals surface area contributed by atoms with Gasteiger partial charge in [0.25, 0.3) is 5.91 Å². The maximum Gasteiger partial charge on any atom is 0.330 e. The van der Waals surface area contributed by atoms with Crippen LogP contribution < -0.4 is 5.69 Å². The Bertz CT molecular complexity index is 1030. The lowest BCUT2D eigenvalue weighted by Gasteiger charge is -2.33. The van der Waals surface area contributed by atoms with Crippen molar-refractivity contribution in [1.82, 2.24) is 19.0 Å². The fraction of sp³-hybridized carbons (Fsp3) is 0.450. The first kappa shape index (κ1) is 16.4. The van der Waals surface area contributed by atoms with Gasteiger partial charge < -0.3 is 9.32 Å². The number of likely N-dealkylation sites (tertiary alicyclic amines) is 1. The Morgan fingerprint density at radius 1 is 1.26 bits per heavy atom. The minimum atomic E-state index is -0.0556. The quantitative estimate of drug-likeness (QED) is 0.712. The van der Waals surface area contributed by atoms with Crippen LogP contribution in [-0.4, -0.2) is 38.0 Å². The third-order valence-corrected chi connectivity index (χ3v) is 5.68. The van der Waals surface area contributed by atoms with Gasteiger partial charge in [-0.25, -0.2) is 9.78 Å². The van der Waals surface area contributed by atoms with Crippen molar-refractivity contribution in [2.24, 2.45) is 5.92 Å². The summed E-state index contributed by atoms with van der Waals surface area (Å²) in [5, 5.41) is 0. The fourth-order valence-electron chi connectivity index (χ4n) is 4.09. The molecule has 3 aromatic heterocycles. The predicted molar refractivity (Wildman–Crippen MR) is 99.6 cm³/mol. The van der Waals surface area contributed by atoms with Crippen LogP contribution in [0.2, 0.25) is 0 Å². The standard InChI is InChI=1S/C20H22N4O3/c25-19(15-7-10-27-13-15)22-9-2-3-16(12-22)24-18-17(4-1-8-21-18)23(20(24)26)11-14-5-6-14/h1,4,7-8,10,13-14,16H,2-3,5-6,9,11-12H2/t16-/m0/s1. The molecule has 1 saturated heterocycles. The topological polar surface area (TPSA) is 73.3 Å². The molecule has 7 nitrogen and oxygen atoms in total. The van der Waals surface area contributed by atoms with Gasteiger partial charge in [0, 0.05) is 25.8 Å². The average Bonchev–Trinajstić information content (AvgIpc) is 3.26. The molecule has 1 atom stereocenters. The van der Waals surface area contributed by atoms with Crippen LogP contribution in [-0.2, 0) is 6.54 Å². The SMILES string of the molecule is O=C(c1ccoc1)N1CCC[C@H](n2c(=O)n(CC3CC3)c3cccnc32)C1. The number of imidazole rings is 1. The van der Waals surface area contributed by atoms with E-state index in [1.807, 2.05) is 26.2 Å². The molecule has 2 aliphatic rings. The summed E-state index contributed by atoms with van der Waals surface area (Å²) in [6.07, 6.45) is 8.83. The Hall–Kier alpha value is -2.83. The highest BCUT2D eigenvalue weighted by atomic mass is 16.3. The molecule has 0 N–H and O–H groups in total. The largest absolute Gasteiger partial charge is 0.472 e. The Morgan fingerprint density at radius 2 is 2.15 bits per heavy atom. The second kappa shape index (κ2) is 6.40. The van der Waals surface area contributed by atoms with Crippen LogP contribution in [0.15, 0.2) is 46.1 Å². The molecule has 1 aliphatic heterocycles. The van der Waals surface area contributed by atoms with Gasteiger partial charge in [-0.1, -0.05) is 0 Å². The second-order valence-electron chi connectivity index (χ2n) is 7.61. The van der Waals surface area contributed by atoms with Crippen LogP contribution in [0, 0.1) is 5.92 Å². The summed E-state index contributed by atoms with van der Waals surface area (Å²) in [6.45, 7) is 1.98. The lowest BCUT2D eigenvalue weighted by atomic mass is 10.0. The highest BCUT2D eigenvalue weighted by Gasteiger charge is 2.31. The third kappa shape index (κ3) is 2.87. The van der Waals surface area contributed by atoms with Gasteiger partial charge >= 0.3 is 5.69 Å². The molecular weight excluding hydrogens is 344 g/mol. The van der Waals surface area contributed by atoms with Crippen molar-refractivity contribution in [3.8, 4) is 0 Å². The Morgan fingerprint density at radius 3 is 2.93 bits per heavy atom. The van der Waals surface area contributed by atoms with Gasteiger partial charge in [0.1, 0.15) is 6.26 Å². The molecule has 140 valence electrons. The van der Waals surface area contributed by atoms with E-state index in [-0.39, 0.29) is 17.6 Å². The number of nitrogens with zero attached hydrogens (tertiary/aromatic N) is 4. The van der Waals surface area contributed by atoms with E-state index in [2.05, 4.69) is 4.98 Å². The highest BCUT2D eigenvalue weighted by molar-refractivity contribution is 5.93. The number of piperidine rings is 1. The summed E-state index contributed by atoms with van der Waals surface area (Å²) >= 11 is 0. The van der Waals surface area contributed by atoms with Gasteiger partial charge in [-0.05, 0) is 49.8 Å². The first-order chi connectivity index (χ1) is 13.2. The van der Waals surface area contributed by atoms with E-state index in [1.165, 1.54) is 25.4 Å². The highest BCUT2D eigenvalue weighted by Crippen LogP contribution is 2.32. The molecule has 2 fully saturated rings. The molecule has 1 saturated carbocycles. The van der Waals surface area contributed by atoms with Crippen LogP contribution in [0.4, 0.5) is 0 Å². The molecule has 0 unspecified atom stereocenters. The zero-order valence-electron chi connectivity index (χ0n) is 15.1. The van der Waals surface area contributed by atoms with E-state index in [1.54, 1.807) is 12.3 Å². The molecule has 7 heteroatoms. The monoisotopic (exact) mass is 366 g/mol. The maximum absolute atomic E-state index is 13.2. The van der Waals surface area contributed by atoms with Crippen molar-refractivity contribution in [3.63, 3.8) is 0 Å². The lowest BCUT2D eigenvalue weighted by Crippen LogP contribution is -2.43. The average molecular weight is 366 g/mol. The molecule has 0 aromatic carbocycles. The van der Waals surface area contributed by atoms with Gasteiger partial charge in [0.05, 0.1) is 23.4 Å². The number of pyridine rings is 1. The van der Waals surface area contributed by atoms with E-state index in [9.17, 15) is 9.59 Å². The molecule has 4 heterocycles. The summed E-state index contributed by atoms with van der Waals surface area (Å²) in [4.78, 5) is 32.3. The second-order valence-corrected chi connectivity index (χ2v) is 7.61. The Balaban J connectivity index is 1.50. The number of rotatable bonds is 4. The van der Waals surface area contributed by atoms with Crippen molar-refractivity contribution in [1.29, 1.82) is 0 Å². The number of amides is 1. The summed E-state index contributed by atoms with van der Waals surface area (Å²) in [5.74, 6) is 0.559. The normalized spacial score (nSPS) is 20.3. The van der Waals surface area contributed by atoms with E-state index in [4.69, 9.17) is 4.42 Å². The number of hydrogen-bond acceptors (Lipinski definition) is 4. The van der Waals surface area contributed by atoms with Crippen molar-refractivity contribution in [2.75, 3.05) is 13.1 Å². The Kier molecular flexibility index (Phi) is 3.88. The number of hydrogen-bond donors (Lipinski definition) is 0. The first-order valence-corrected chi connectivity index (χ1v) is 9.59. The van der Waals surface area contributed by atoms with Gasteiger partial charge in [-0.15, -0.1) is 0 Å². The predicted octanol–water partition coefficient (Wildman–Crippen LogP) is 2.68. The van der Waals surface area contributed by atoms with Gasteiger partial charge in [-0.3, -0.25) is 13.9 Å². The van der Waals surface area contributed by atoms with E-state index in [0.29, 0.717) is 24.6 Å². The fourth-order valence-corrected chi connectivity index (χ4v) is 4.09. The van der Waals surface area contributed by atoms with E-state index < -0.39 is 0 Å². The Labute approximate surface area is 156 Å². The van der Waals surface area contributed by atoms with Crippen LogP contribution in [0.3, 0.4) is 0 Å². The minimum Gasteiger partial charge on any atom is -0.472 e. The molecule has 3 aromatic rings. The minimum absolute atomic E-state index is 0.00166. The van der Waals surface area contributed by atoms with Crippen molar-refractivity contribution < 1.29 is 9.21 Å². The summed E-state index contributed by atoms with van der Waals surface area (Å²) in [5.41, 5.74) is 2.17. The number of fused-ring (bicyclic) bond motifs is 1. The molecule has 0 bridgehead atoms. The van der Waals surface area contributed by atoms with Crippen molar-refractivity contribution in [2.45, 2.75) is 38.3 Å². The maximum atomic E-state index is 13.2. The van der Waals surface area contributed by atoms with Crippen LogP contribution >= 0.6 is 0 Å². The number of carbonyl (C=O) groups is 1. The van der Waals surface area contributed by atoms with Crippen LogP contribution in [0.25, 0.3) is 11.2 Å². The zero-order chi connectivity index (χ0) is 18.4. The number of furan rings is 1. The summed E-state index contributed by atoms with van der Waals surface area (Å²) < 4.78 is 8.73. The lowest BCUT2D eigenvalue weighted by molar-refractivity contribution is 0.0678. The number of aromatic nitrogens is 3. The van der Waals surface area contributed by atoms with Gasteiger partial charge in [0.15, 0.2) is 5.65 Å². The van der Waals surface area contributed by atoms with E-state index >= 15 is 0 Å². The van der Waals surface area contributed by atoms with E-state index in [0.717, 1.165) is 30.6 Å². The molecule has 27 heavy (non-hydrogen) atoms. The molecule has 5 rings (SSSR count). The van der Waals surface area contributed by atoms with Crippen LogP contribution in [0.5, 0.6) is 0 Å². The molecule has 0 radical (unpaired) electrons. The smallest absolute Gasteiger partial charge is 0.330 e. The number of carbonyl (C=O) groups excluding carboxylic acids is 1. The summed E-state index contributed by atoms with van der Waals surface area (Å²) in [6, 6.07) is 5.48.